The van der Waals surface area contributed by atoms with Crippen LogP contribution in [0.5, 0.6) is 0 Å². The molecule has 3 N–H and O–H groups in total. The number of nitrogen functional groups attached to an aromatic ring is 1. The van der Waals surface area contributed by atoms with E-state index in [0.29, 0.717) is 0 Å². The highest BCUT2D eigenvalue weighted by Gasteiger charge is 2.19. The van der Waals surface area contributed by atoms with Crippen molar-refractivity contribution >= 4 is 22.9 Å². The van der Waals surface area contributed by atoms with Crippen molar-refractivity contribution in [3.63, 3.8) is 0 Å². The molecule has 0 bridgehead atoms. The molecule has 38 heavy (non-hydrogen) atoms. The molecule has 0 aromatic carbocycles. The van der Waals surface area contributed by atoms with E-state index in [1.807, 2.05) is 41.7 Å². The van der Waals surface area contributed by atoms with Gasteiger partial charge in [-0.3, -0.25) is 14.5 Å². The zero-order valence-electron chi connectivity index (χ0n) is 21.2. The molecule has 1 atom stereocenters. The summed E-state index contributed by atoms with van der Waals surface area (Å²) >= 11 is 0. The number of hydrogen-bond donors (Lipinski definition) is 2. The summed E-state index contributed by atoms with van der Waals surface area (Å²) in [5.74, 6) is 0.356. The first kappa shape index (κ1) is 23.8. The van der Waals surface area contributed by atoms with E-state index in [1.165, 1.54) is 6.42 Å². The monoisotopic (exact) mass is 507 g/mol. The van der Waals surface area contributed by atoms with Crippen LogP contribution >= 0.6 is 0 Å². The normalized spacial score (nSPS) is 14.6. The van der Waals surface area contributed by atoms with Gasteiger partial charge in [0.05, 0.1) is 17.6 Å². The molecule has 0 aliphatic carbocycles. The largest absolute Gasteiger partial charge is 0.368 e. The van der Waals surface area contributed by atoms with Crippen LogP contribution < -0.4 is 5.73 Å². The Kier molecular flexibility index (Phi) is 6.28. The van der Waals surface area contributed by atoms with Crippen molar-refractivity contribution in [3.8, 4) is 22.4 Å². The predicted octanol–water partition coefficient (Wildman–Crippen LogP) is 4.02. The number of pyridine rings is 2. The number of aromatic nitrogens is 7. The number of fused-ring (bicyclic) bond motifs is 1. The van der Waals surface area contributed by atoms with Crippen LogP contribution in [0, 0.1) is 0 Å². The maximum Gasteiger partial charge on any atom is 0.244 e. The van der Waals surface area contributed by atoms with E-state index in [1.54, 1.807) is 23.3 Å². The van der Waals surface area contributed by atoms with Crippen molar-refractivity contribution in [2.24, 2.45) is 0 Å². The van der Waals surface area contributed by atoms with E-state index in [0.717, 1.165) is 70.6 Å². The van der Waals surface area contributed by atoms with Gasteiger partial charge in [-0.05, 0) is 49.1 Å². The Hall–Kier alpha value is -4.60. The number of anilines is 1. The Bertz CT molecular complexity index is 1580. The van der Waals surface area contributed by atoms with Gasteiger partial charge in [0.15, 0.2) is 0 Å². The Balaban J connectivity index is 1.29. The van der Waals surface area contributed by atoms with Crippen LogP contribution in [-0.2, 0) is 11.3 Å². The number of nitrogens with two attached hydrogens (primary N) is 1. The lowest BCUT2D eigenvalue weighted by Gasteiger charge is -2.26. The number of aromatic amines is 1. The number of carbonyl (C=O) groups is 1. The van der Waals surface area contributed by atoms with Crippen molar-refractivity contribution in [1.29, 1.82) is 0 Å². The fourth-order valence-electron chi connectivity index (χ4n) is 5.02. The number of nitrogens with zero attached hydrogens (tertiary/aromatic N) is 7. The van der Waals surface area contributed by atoms with Gasteiger partial charge in [0.1, 0.15) is 12.2 Å². The summed E-state index contributed by atoms with van der Waals surface area (Å²) in [5, 5.41) is 5.36. The number of piperidine rings is 1. The zero-order valence-corrected chi connectivity index (χ0v) is 21.2. The van der Waals surface area contributed by atoms with Crippen molar-refractivity contribution in [2.45, 2.75) is 38.6 Å². The van der Waals surface area contributed by atoms with Crippen LogP contribution in [0.2, 0.25) is 0 Å². The summed E-state index contributed by atoms with van der Waals surface area (Å²) in [6.45, 7) is 3.99. The van der Waals surface area contributed by atoms with Crippen molar-refractivity contribution in [1.82, 2.24) is 39.6 Å². The van der Waals surface area contributed by atoms with Gasteiger partial charge in [-0.15, -0.1) is 0 Å². The number of amides is 1. The topological polar surface area (TPSA) is 132 Å². The average molecular weight is 508 g/mol. The molecule has 10 heteroatoms. The number of H-pyrrole nitrogens is 1. The van der Waals surface area contributed by atoms with E-state index < -0.39 is 0 Å². The number of nitrogens with one attached hydrogen (secondary N) is 1. The van der Waals surface area contributed by atoms with Crippen molar-refractivity contribution in [2.75, 3.05) is 18.8 Å². The molecule has 6 rings (SSSR count). The van der Waals surface area contributed by atoms with Crippen molar-refractivity contribution < 1.29 is 4.79 Å². The van der Waals surface area contributed by atoms with Crippen molar-refractivity contribution in [3.05, 3.63) is 72.7 Å². The molecule has 0 saturated carbocycles. The quantitative estimate of drug-likeness (QED) is 0.355. The molecule has 1 aliphatic rings. The lowest BCUT2D eigenvalue weighted by atomic mass is 9.97. The van der Waals surface area contributed by atoms with Gasteiger partial charge in [-0.25, -0.2) is 15.0 Å². The van der Waals surface area contributed by atoms with Gasteiger partial charge in [0.25, 0.3) is 0 Å². The fraction of sp³-hybridized carbons (Fsp3) is 0.286. The molecule has 1 amide bonds. The summed E-state index contributed by atoms with van der Waals surface area (Å²) in [7, 11) is 0. The number of hydrogen-bond acceptors (Lipinski definition) is 7. The van der Waals surface area contributed by atoms with E-state index in [-0.39, 0.29) is 24.3 Å². The third kappa shape index (κ3) is 4.72. The maximum atomic E-state index is 12.7. The molecular formula is C28H29N9O. The summed E-state index contributed by atoms with van der Waals surface area (Å²) in [4.78, 5) is 35.6. The second kappa shape index (κ2) is 10.0. The number of likely N-dealkylation sites (tertiary alicyclic amines) is 1. The molecule has 5 aromatic heterocycles. The third-order valence-electron chi connectivity index (χ3n) is 7.19. The van der Waals surface area contributed by atoms with E-state index >= 15 is 0 Å². The van der Waals surface area contributed by atoms with Crippen LogP contribution in [0.1, 0.15) is 43.4 Å². The predicted molar refractivity (Wildman–Crippen MR) is 145 cm³/mol. The SMILES string of the molecule is C[C@@H](c1ccncc1)c1cc(-c2c[nH]c3ncc(-c4cnn(CC(=O)N5CCCCC5)c4)cc23)nc(N)n1. The lowest BCUT2D eigenvalue weighted by Crippen LogP contribution is -2.37. The van der Waals surface area contributed by atoms with Crippen LogP contribution in [-0.4, -0.2) is 58.6 Å². The van der Waals surface area contributed by atoms with Gasteiger partial charge < -0.3 is 15.6 Å². The van der Waals surface area contributed by atoms with E-state index in [9.17, 15) is 4.79 Å². The first-order chi connectivity index (χ1) is 18.5. The molecule has 0 unspecified atom stereocenters. The summed E-state index contributed by atoms with van der Waals surface area (Å²) in [5.41, 5.74) is 12.2. The molecular weight excluding hydrogens is 478 g/mol. The van der Waals surface area contributed by atoms with Gasteiger partial charge >= 0.3 is 0 Å². The van der Waals surface area contributed by atoms with Crippen LogP contribution in [0.15, 0.2) is 61.4 Å². The molecule has 1 saturated heterocycles. The minimum absolute atomic E-state index is 0.0272. The third-order valence-corrected chi connectivity index (χ3v) is 7.19. The Labute approximate surface area is 220 Å². The van der Waals surface area contributed by atoms with Crippen LogP contribution in [0.3, 0.4) is 0 Å². The summed E-state index contributed by atoms with van der Waals surface area (Å²) < 4.78 is 1.70. The second-order valence-corrected chi connectivity index (χ2v) is 9.73. The number of rotatable bonds is 6. The van der Waals surface area contributed by atoms with Gasteiger partial charge in [-0.1, -0.05) is 6.92 Å². The second-order valence-electron chi connectivity index (χ2n) is 9.73. The van der Waals surface area contributed by atoms with Gasteiger partial charge in [0, 0.05) is 72.1 Å². The Morgan fingerprint density at radius 1 is 1.08 bits per heavy atom. The summed E-state index contributed by atoms with van der Waals surface area (Å²) in [6, 6.07) is 7.99. The molecule has 1 aliphatic heterocycles. The highest BCUT2D eigenvalue weighted by Crippen LogP contribution is 2.32. The number of carbonyl (C=O) groups excluding carboxylic acids is 1. The highest BCUT2D eigenvalue weighted by atomic mass is 16.2. The lowest BCUT2D eigenvalue weighted by molar-refractivity contribution is -0.132. The zero-order chi connectivity index (χ0) is 26.1. The molecule has 6 heterocycles. The minimum Gasteiger partial charge on any atom is -0.368 e. The van der Waals surface area contributed by atoms with Crippen LogP contribution in [0.25, 0.3) is 33.4 Å². The van der Waals surface area contributed by atoms with Gasteiger partial charge in [-0.2, -0.15) is 5.10 Å². The highest BCUT2D eigenvalue weighted by molar-refractivity contribution is 5.95. The Morgan fingerprint density at radius 3 is 2.71 bits per heavy atom. The first-order valence-corrected chi connectivity index (χ1v) is 12.9. The average Bonchev–Trinajstić information content (AvgIpc) is 3.60. The van der Waals surface area contributed by atoms with E-state index in [2.05, 4.69) is 43.0 Å². The molecule has 0 spiro atoms. The minimum atomic E-state index is 0.0272. The standard InChI is InChI=1S/C28H29N9O/c1-18(19-5-7-30-8-6-19)24-12-25(35-28(29)34-24)23-15-32-27-22(23)11-20(13-31-27)21-14-33-37(16-21)17-26(38)36-9-3-2-4-10-36/h5-8,11-16,18H,2-4,9-10,17H2,1H3,(H,31,32)(H2,29,34,35)/t18-/m0/s1. The maximum absolute atomic E-state index is 12.7. The summed E-state index contributed by atoms with van der Waals surface area (Å²) in [6.07, 6.45) is 14.3. The smallest absolute Gasteiger partial charge is 0.244 e. The molecule has 1 fully saturated rings. The van der Waals surface area contributed by atoms with Gasteiger partial charge in [0.2, 0.25) is 11.9 Å². The Morgan fingerprint density at radius 2 is 1.89 bits per heavy atom. The molecule has 192 valence electrons. The first-order valence-electron chi connectivity index (χ1n) is 12.9. The van der Waals surface area contributed by atoms with Crippen LogP contribution in [0.4, 0.5) is 5.95 Å². The molecule has 10 nitrogen and oxygen atoms in total. The molecule has 0 radical (unpaired) electrons. The fourth-order valence-corrected chi connectivity index (χ4v) is 5.02. The van der Waals surface area contributed by atoms with E-state index in [4.69, 9.17) is 5.73 Å². The molecule has 5 aromatic rings.